The maximum absolute atomic E-state index is 10.7. The van der Waals surface area contributed by atoms with Gasteiger partial charge in [0.15, 0.2) is 0 Å². The van der Waals surface area contributed by atoms with E-state index in [-0.39, 0.29) is 18.1 Å². The first-order valence-corrected chi connectivity index (χ1v) is 5.40. The van der Waals surface area contributed by atoms with Crippen molar-refractivity contribution < 1.29 is 24.5 Å². The Kier molecular flexibility index (Phi) is 5.05. The van der Waals surface area contributed by atoms with E-state index in [0.717, 1.165) is 5.57 Å². The summed E-state index contributed by atoms with van der Waals surface area (Å²) in [5.74, 6) is 0.0703. The highest BCUT2D eigenvalue weighted by Crippen LogP contribution is 2.27. The third-order valence-electron chi connectivity index (χ3n) is 2.37. The van der Waals surface area contributed by atoms with E-state index in [1.807, 2.05) is 0 Å². The van der Waals surface area contributed by atoms with Gasteiger partial charge in [-0.05, 0) is 31.1 Å². The van der Waals surface area contributed by atoms with E-state index < -0.39 is 6.16 Å². The van der Waals surface area contributed by atoms with Gasteiger partial charge in [0.05, 0.1) is 7.11 Å². The van der Waals surface area contributed by atoms with Crippen LogP contribution in [0.4, 0.5) is 4.79 Å². The van der Waals surface area contributed by atoms with Crippen molar-refractivity contribution in [1.29, 1.82) is 0 Å². The zero-order valence-corrected chi connectivity index (χ0v) is 10.3. The molecule has 0 aliphatic rings. The summed E-state index contributed by atoms with van der Waals surface area (Å²) in [5, 5.41) is 19.1. The molecule has 0 aliphatic carbocycles. The number of phenols is 2. The number of carbonyl (C=O) groups excluding carboxylic acids is 1. The van der Waals surface area contributed by atoms with Crippen LogP contribution in [0.15, 0.2) is 29.8 Å². The van der Waals surface area contributed by atoms with Crippen molar-refractivity contribution in [2.45, 2.75) is 13.3 Å². The normalized spacial score (nSPS) is 11.1. The molecule has 0 aromatic heterocycles. The lowest BCUT2D eigenvalue weighted by Crippen LogP contribution is -2.06. The van der Waals surface area contributed by atoms with Gasteiger partial charge < -0.3 is 19.7 Å². The highest BCUT2D eigenvalue weighted by molar-refractivity contribution is 5.59. The van der Waals surface area contributed by atoms with Crippen LogP contribution >= 0.6 is 0 Å². The smallest absolute Gasteiger partial charge is 0.508 e. The number of carbonyl (C=O) groups is 1. The zero-order valence-electron chi connectivity index (χ0n) is 10.3. The molecule has 5 nitrogen and oxygen atoms in total. The van der Waals surface area contributed by atoms with E-state index in [9.17, 15) is 15.0 Å². The fourth-order valence-corrected chi connectivity index (χ4v) is 1.34. The summed E-state index contributed by atoms with van der Waals surface area (Å²) in [7, 11) is 1.24. The Hall–Kier alpha value is -2.17. The predicted octanol–water partition coefficient (Wildman–Crippen LogP) is 2.37. The summed E-state index contributed by atoms with van der Waals surface area (Å²) in [4.78, 5) is 10.7. The number of hydrogen-bond donors (Lipinski definition) is 2. The minimum atomic E-state index is -0.742. The summed E-state index contributed by atoms with van der Waals surface area (Å²) in [6.45, 7) is 1.89. The molecule has 0 atom stereocenters. The number of ether oxygens (including phenoxy) is 2. The van der Waals surface area contributed by atoms with Gasteiger partial charge in [-0.15, -0.1) is 0 Å². The van der Waals surface area contributed by atoms with Gasteiger partial charge in [-0.3, -0.25) is 0 Å². The van der Waals surface area contributed by atoms with Gasteiger partial charge in [-0.25, -0.2) is 4.79 Å². The maximum Gasteiger partial charge on any atom is 0.508 e. The van der Waals surface area contributed by atoms with Crippen LogP contribution in [0.2, 0.25) is 0 Å². The summed E-state index contributed by atoms with van der Waals surface area (Å²) < 4.78 is 9.08. The SMILES string of the molecule is COC(=O)OCC(C)=CCc1c(O)cccc1O. The van der Waals surface area contributed by atoms with E-state index >= 15 is 0 Å². The minimum Gasteiger partial charge on any atom is -0.508 e. The molecule has 0 aliphatic heterocycles. The van der Waals surface area contributed by atoms with Crippen molar-refractivity contribution in [3.8, 4) is 11.5 Å². The van der Waals surface area contributed by atoms with Crippen LogP contribution in [0.3, 0.4) is 0 Å². The van der Waals surface area contributed by atoms with Gasteiger partial charge in [0.25, 0.3) is 0 Å². The lowest BCUT2D eigenvalue weighted by atomic mass is 10.1. The molecule has 0 amide bonds. The topological polar surface area (TPSA) is 76.0 Å². The first-order chi connectivity index (χ1) is 8.54. The van der Waals surface area contributed by atoms with Crippen LogP contribution in [0, 0.1) is 0 Å². The van der Waals surface area contributed by atoms with Gasteiger partial charge in [-0.1, -0.05) is 12.1 Å². The van der Waals surface area contributed by atoms with E-state index in [1.54, 1.807) is 19.1 Å². The average Bonchev–Trinajstić information content (AvgIpc) is 2.35. The van der Waals surface area contributed by atoms with Crippen molar-refractivity contribution in [1.82, 2.24) is 0 Å². The molecular weight excluding hydrogens is 236 g/mol. The second-order valence-corrected chi connectivity index (χ2v) is 3.77. The Morgan fingerprint density at radius 3 is 2.50 bits per heavy atom. The number of benzene rings is 1. The molecule has 98 valence electrons. The van der Waals surface area contributed by atoms with E-state index in [0.29, 0.717) is 12.0 Å². The predicted molar refractivity (Wildman–Crippen MR) is 65.6 cm³/mol. The van der Waals surface area contributed by atoms with Gasteiger partial charge in [0.2, 0.25) is 0 Å². The zero-order chi connectivity index (χ0) is 13.5. The van der Waals surface area contributed by atoms with Crippen molar-refractivity contribution in [2.75, 3.05) is 13.7 Å². The molecule has 18 heavy (non-hydrogen) atoms. The molecule has 1 aromatic rings. The highest BCUT2D eigenvalue weighted by atomic mass is 16.7. The van der Waals surface area contributed by atoms with Crippen LogP contribution in [0.1, 0.15) is 12.5 Å². The first kappa shape index (κ1) is 13.9. The molecule has 0 radical (unpaired) electrons. The molecule has 0 bridgehead atoms. The summed E-state index contributed by atoms with van der Waals surface area (Å²) in [5.41, 5.74) is 1.23. The van der Waals surface area contributed by atoms with Crippen LogP contribution < -0.4 is 0 Å². The lowest BCUT2D eigenvalue weighted by molar-refractivity contribution is 0.0798. The van der Waals surface area contributed by atoms with Gasteiger partial charge >= 0.3 is 6.16 Å². The van der Waals surface area contributed by atoms with E-state index in [2.05, 4.69) is 4.74 Å². The van der Waals surface area contributed by atoms with Crippen LogP contribution in [0.5, 0.6) is 11.5 Å². The number of hydrogen-bond acceptors (Lipinski definition) is 5. The van der Waals surface area contributed by atoms with E-state index in [4.69, 9.17) is 4.74 Å². The van der Waals surface area contributed by atoms with Crippen molar-refractivity contribution in [2.24, 2.45) is 0 Å². The monoisotopic (exact) mass is 252 g/mol. The number of allylic oxidation sites excluding steroid dienone is 1. The molecule has 0 saturated heterocycles. The molecular formula is C13H16O5. The summed E-state index contributed by atoms with van der Waals surface area (Å²) in [6.07, 6.45) is 1.38. The van der Waals surface area contributed by atoms with Crippen LogP contribution in [0.25, 0.3) is 0 Å². The second-order valence-electron chi connectivity index (χ2n) is 3.77. The summed E-state index contributed by atoms with van der Waals surface area (Å²) in [6, 6.07) is 4.57. The van der Waals surface area contributed by atoms with Gasteiger partial charge in [-0.2, -0.15) is 0 Å². The van der Waals surface area contributed by atoms with Crippen LogP contribution in [-0.4, -0.2) is 30.1 Å². The molecule has 0 spiro atoms. The molecule has 0 fully saturated rings. The van der Waals surface area contributed by atoms with Crippen molar-refractivity contribution in [3.63, 3.8) is 0 Å². The number of aromatic hydroxyl groups is 2. The Bertz CT molecular complexity index is 430. The highest BCUT2D eigenvalue weighted by Gasteiger charge is 2.05. The fourth-order valence-electron chi connectivity index (χ4n) is 1.34. The second kappa shape index (κ2) is 6.54. The lowest BCUT2D eigenvalue weighted by Gasteiger charge is -2.06. The molecule has 1 aromatic carbocycles. The van der Waals surface area contributed by atoms with Gasteiger partial charge in [0, 0.05) is 5.56 Å². The quantitative estimate of drug-likeness (QED) is 0.635. The average molecular weight is 252 g/mol. The Labute approximate surface area is 105 Å². The molecule has 0 unspecified atom stereocenters. The number of phenolic OH excluding ortho intramolecular Hbond substituents is 2. The van der Waals surface area contributed by atoms with Crippen molar-refractivity contribution >= 4 is 6.16 Å². The fraction of sp³-hybridized carbons (Fsp3) is 0.308. The number of methoxy groups -OCH3 is 1. The summed E-state index contributed by atoms with van der Waals surface area (Å²) >= 11 is 0. The third-order valence-corrected chi connectivity index (χ3v) is 2.37. The van der Waals surface area contributed by atoms with E-state index in [1.165, 1.54) is 19.2 Å². The largest absolute Gasteiger partial charge is 0.508 e. The Morgan fingerprint density at radius 2 is 1.94 bits per heavy atom. The standard InChI is InChI=1S/C13H16O5/c1-9(8-18-13(16)17-2)6-7-10-11(14)4-3-5-12(10)15/h3-6,14-15H,7-8H2,1-2H3. The maximum atomic E-state index is 10.7. The first-order valence-electron chi connectivity index (χ1n) is 5.40. The van der Waals surface area contributed by atoms with Crippen LogP contribution in [-0.2, 0) is 15.9 Å². The minimum absolute atomic E-state index is 0.0351. The Balaban J connectivity index is 2.60. The van der Waals surface area contributed by atoms with Gasteiger partial charge in [0.1, 0.15) is 18.1 Å². The molecule has 0 heterocycles. The molecule has 2 N–H and O–H groups in total. The Morgan fingerprint density at radius 1 is 1.33 bits per heavy atom. The van der Waals surface area contributed by atoms with Crippen molar-refractivity contribution in [3.05, 3.63) is 35.4 Å². The molecule has 0 saturated carbocycles. The molecule has 1 rings (SSSR count). The molecule has 5 heteroatoms. The number of rotatable bonds is 4. The third kappa shape index (κ3) is 4.01.